The van der Waals surface area contributed by atoms with Gasteiger partial charge in [0, 0.05) is 10.6 Å². The maximum absolute atomic E-state index is 12.0. The minimum atomic E-state index is -0.647. The first-order chi connectivity index (χ1) is 9.92. The van der Waals surface area contributed by atoms with E-state index in [4.69, 9.17) is 4.74 Å². The smallest absolute Gasteiger partial charge is 0.326 e. The number of carbonyl (C=O) groups excluding carboxylic acids is 1. The maximum atomic E-state index is 12.0. The molecule has 1 aromatic carbocycles. The summed E-state index contributed by atoms with van der Waals surface area (Å²) in [7, 11) is 1.44. The van der Waals surface area contributed by atoms with Crippen LogP contribution in [0.4, 0.5) is 0 Å². The van der Waals surface area contributed by atoms with Crippen molar-refractivity contribution >= 4 is 17.7 Å². The minimum absolute atomic E-state index is 0.206. The number of ether oxygens (including phenoxy) is 1. The Morgan fingerprint density at radius 2 is 1.95 bits per heavy atom. The lowest BCUT2D eigenvalue weighted by Gasteiger charge is -2.27. The zero-order valence-corrected chi connectivity index (χ0v) is 14.5. The molecule has 0 fully saturated rings. The fourth-order valence-electron chi connectivity index (χ4n) is 1.98. The Kier molecular flexibility index (Phi) is 7.26. The van der Waals surface area contributed by atoms with Gasteiger partial charge in [0.2, 0.25) is 0 Å². The first-order valence-electron chi connectivity index (χ1n) is 7.49. The third kappa shape index (κ3) is 5.36. The molecule has 4 heteroatoms. The predicted molar refractivity (Wildman–Crippen MR) is 90.0 cm³/mol. The van der Waals surface area contributed by atoms with E-state index < -0.39 is 5.54 Å². The van der Waals surface area contributed by atoms with Crippen LogP contribution in [0.25, 0.3) is 0 Å². The molecule has 0 heterocycles. The summed E-state index contributed by atoms with van der Waals surface area (Å²) < 4.78 is 4.94. The molecule has 21 heavy (non-hydrogen) atoms. The lowest BCUT2D eigenvalue weighted by molar-refractivity contribution is -0.146. The lowest BCUT2D eigenvalue weighted by atomic mass is 10.0. The Labute approximate surface area is 132 Å². The molecule has 1 atom stereocenters. The predicted octanol–water partition coefficient (Wildman–Crippen LogP) is 3.83. The van der Waals surface area contributed by atoms with Crippen molar-refractivity contribution in [3.63, 3.8) is 0 Å². The fourth-order valence-corrected chi connectivity index (χ4v) is 2.99. The number of carbonyl (C=O) groups is 1. The van der Waals surface area contributed by atoms with Crippen LogP contribution in [-0.2, 0) is 9.53 Å². The average Bonchev–Trinajstić information content (AvgIpc) is 2.50. The van der Waals surface area contributed by atoms with E-state index in [9.17, 15) is 4.79 Å². The maximum Gasteiger partial charge on any atom is 0.326 e. The van der Waals surface area contributed by atoms with Crippen molar-refractivity contribution in [3.05, 3.63) is 29.8 Å². The molecule has 3 nitrogen and oxygen atoms in total. The topological polar surface area (TPSA) is 38.3 Å². The molecular weight excluding hydrogens is 282 g/mol. The number of rotatable bonds is 8. The summed E-state index contributed by atoms with van der Waals surface area (Å²) >= 11 is 1.68. The van der Waals surface area contributed by atoms with Gasteiger partial charge in [-0.25, -0.2) is 0 Å². The van der Waals surface area contributed by atoms with Crippen LogP contribution in [0, 0.1) is 0 Å². The molecule has 118 valence electrons. The summed E-state index contributed by atoms with van der Waals surface area (Å²) in [6, 6.07) is 8.55. The van der Waals surface area contributed by atoms with Gasteiger partial charge in [-0.15, -0.1) is 11.8 Å². The third-order valence-corrected chi connectivity index (χ3v) is 4.80. The van der Waals surface area contributed by atoms with Gasteiger partial charge in [-0.1, -0.05) is 32.9 Å². The summed E-state index contributed by atoms with van der Waals surface area (Å²) in [5.74, 6) is 0.985. The van der Waals surface area contributed by atoms with Crippen LogP contribution in [0.5, 0.6) is 0 Å². The molecule has 0 aliphatic heterocycles. The molecule has 1 unspecified atom stereocenters. The summed E-state index contributed by atoms with van der Waals surface area (Å²) in [5, 5.41) is 3.30. The van der Waals surface area contributed by atoms with Crippen molar-refractivity contribution in [2.75, 3.05) is 19.4 Å². The Balaban J connectivity index is 2.69. The molecule has 0 aliphatic carbocycles. The average molecular weight is 309 g/mol. The van der Waals surface area contributed by atoms with Crippen molar-refractivity contribution in [1.82, 2.24) is 5.32 Å². The Morgan fingerprint density at radius 1 is 1.33 bits per heavy atom. The quantitative estimate of drug-likeness (QED) is 0.585. The highest BCUT2D eigenvalue weighted by molar-refractivity contribution is 7.99. The number of nitrogens with one attached hydrogen (secondary N) is 1. The fraction of sp³-hybridized carbons (Fsp3) is 0.588. The van der Waals surface area contributed by atoms with Crippen molar-refractivity contribution in [1.29, 1.82) is 0 Å². The van der Waals surface area contributed by atoms with Gasteiger partial charge in [-0.2, -0.15) is 0 Å². The zero-order chi connectivity index (χ0) is 15.9. The normalized spacial score (nSPS) is 14.0. The molecule has 0 aliphatic rings. The first kappa shape index (κ1) is 18.1. The van der Waals surface area contributed by atoms with Gasteiger partial charge in [0.25, 0.3) is 0 Å². The molecule has 0 saturated carbocycles. The van der Waals surface area contributed by atoms with E-state index in [0.29, 0.717) is 11.7 Å². The van der Waals surface area contributed by atoms with Crippen LogP contribution in [0.1, 0.15) is 45.6 Å². The van der Waals surface area contributed by atoms with Crippen LogP contribution >= 0.6 is 11.8 Å². The summed E-state index contributed by atoms with van der Waals surface area (Å²) in [6.45, 7) is 9.17. The third-order valence-electron chi connectivity index (χ3n) is 3.48. The van der Waals surface area contributed by atoms with Gasteiger partial charge in [-0.05, 0) is 43.5 Å². The van der Waals surface area contributed by atoms with E-state index in [1.807, 2.05) is 6.92 Å². The lowest BCUT2D eigenvalue weighted by Crippen LogP contribution is -2.52. The molecule has 1 aromatic rings. The number of esters is 1. The molecule has 0 saturated heterocycles. The van der Waals surface area contributed by atoms with Crippen molar-refractivity contribution in [2.45, 2.75) is 50.5 Å². The Bertz CT molecular complexity index is 445. The number of benzene rings is 1. The van der Waals surface area contributed by atoms with Gasteiger partial charge in [0.05, 0.1) is 7.11 Å². The van der Waals surface area contributed by atoms with Crippen molar-refractivity contribution in [3.8, 4) is 0 Å². The van der Waals surface area contributed by atoms with Gasteiger partial charge in [0.15, 0.2) is 0 Å². The molecule has 1 rings (SSSR count). The van der Waals surface area contributed by atoms with Gasteiger partial charge in [-0.3, -0.25) is 4.79 Å². The largest absolute Gasteiger partial charge is 0.468 e. The molecular formula is C17H27NO2S. The van der Waals surface area contributed by atoms with Crippen LogP contribution < -0.4 is 5.32 Å². The van der Waals surface area contributed by atoms with Gasteiger partial charge < -0.3 is 10.1 Å². The second-order valence-electron chi connectivity index (χ2n) is 5.76. The van der Waals surface area contributed by atoms with Crippen LogP contribution in [0.2, 0.25) is 0 Å². The number of methoxy groups -OCH3 is 1. The molecule has 0 bridgehead atoms. The van der Waals surface area contributed by atoms with E-state index in [0.717, 1.165) is 13.0 Å². The van der Waals surface area contributed by atoms with Crippen molar-refractivity contribution in [2.24, 2.45) is 0 Å². The molecule has 0 amide bonds. The van der Waals surface area contributed by atoms with Crippen LogP contribution in [-0.4, -0.2) is 30.9 Å². The molecule has 0 aromatic heterocycles. The zero-order valence-electron chi connectivity index (χ0n) is 13.7. The SMILES string of the molecule is CCCNC(C)(CSc1ccc(C(C)C)cc1)C(=O)OC. The number of thioether (sulfide) groups is 1. The molecule has 1 N–H and O–H groups in total. The van der Waals surface area contributed by atoms with Crippen LogP contribution in [0.15, 0.2) is 29.2 Å². The van der Waals surface area contributed by atoms with E-state index in [2.05, 4.69) is 50.4 Å². The summed E-state index contributed by atoms with van der Waals surface area (Å²) in [6.07, 6.45) is 0.986. The van der Waals surface area contributed by atoms with Crippen LogP contribution in [0.3, 0.4) is 0 Å². The molecule has 0 spiro atoms. The standard InChI is InChI=1S/C17H27NO2S/c1-6-11-18-17(4,16(19)20-5)12-21-15-9-7-14(8-10-15)13(2)3/h7-10,13,18H,6,11-12H2,1-5H3. The van der Waals surface area contributed by atoms with Gasteiger partial charge in [0.1, 0.15) is 5.54 Å². The van der Waals surface area contributed by atoms with E-state index in [1.165, 1.54) is 17.6 Å². The first-order valence-corrected chi connectivity index (χ1v) is 8.47. The highest BCUT2D eigenvalue weighted by atomic mass is 32.2. The summed E-state index contributed by atoms with van der Waals surface area (Å²) in [4.78, 5) is 13.2. The Hall–Kier alpha value is -1.00. The summed E-state index contributed by atoms with van der Waals surface area (Å²) in [5.41, 5.74) is 0.686. The van der Waals surface area contributed by atoms with E-state index >= 15 is 0 Å². The highest BCUT2D eigenvalue weighted by Crippen LogP contribution is 2.25. The number of hydrogen-bond acceptors (Lipinski definition) is 4. The monoisotopic (exact) mass is 309 g/mol. The second-order valence-corrected chi connectivity index (χ2v) is 6.81. The van der Waals surface area contributed by atoms with E-state index in [1.54, 1.807) is 11.8 Å². The minimum Gasteiger partial charge on any atom is -0.468 e. The Morgan fingerprint density at radius 3 is 2.43 bits per heavy atom. The number of hydrogen-bond donors (Lipinski definition) is 1. The van der Waals surface area contributed by atoms with E-state index in [-0.39, 0.29) is 5.97 Å². The van der Waals surface area contributed by atoms with Crippen molar-refractivity contribution < 1.29 is 9.53 Å². The molecule has 0 radical (unpaired) electrons. The second kappa shape index (κ2) is 8.44. The van der Waals surface area contributed by atoms with Gasteiger partial charge >= 0.3 is 5.97 Å². The highest BCUT2D eigenvalue weighted by Gasteiger charge is 2.33.